The Morgan fingerprint density at radius 3 is 2.11 bits per heavy atom. The first-order valence-electron chi connectivity index (χ1n) is 8.20. The van der Waals surface area contributed by atoms with Crippen LogP contribution in [0.4, 0.5) is 23.4 Å². The van der Waals surface area contributed by atoms with Gasteiger partial charge in [-0.05, 0) is 37.1 Å². The molecule has 3 rings (SSSR count). The zero-order chi connectivity index (χ0) is 19.7. The van der Waals surface area contributed by atoms with Gasteiger partial charge in [0.25, 0.3) is 0 Å². The molecule has 0 spiro atoms. The molecule has 3 nitrogen and oxygen atoms in total. The third-order valence-electron chi connectivity index (χ3n) is 4.15. The maximum Gasteiger partial charge on any atom is 0.410 e. The van der Waals surface area contributed by atoms with Crippen molar-refractivity contribution in [1.82, 2.24) is 9.97 Å². The zero-order valence-corrected chi connectivity index (χ0v) is 14.7. The number of benzene rings is 2. The maximum absolute atomic E-state index is 14.5. The van der Waals surface area contributed by atoms with Gasteiger partial charge in [-0.2, -0.15) is 13.2 Å². The van der Waals surface area contributed by atoms with Gasteiger partial charge in [0.1, 0.15) is 17.2 Å². The van der Waals surface area contributed by atoms with E-state index in [2.05, 4.69) is 15.3 Å². The summed E-state index contributed by atoms with van der Waals surface area (Å²) in [6.45, 7) is 2.01. The van der Waals surface area contributed by atoms with Gasteiger partial charge in [0, 0.05) is 5.56 Å². The lowest BCUT2D eigenvalue weighted by atomic mass is 10.0. The molecule has 2 aromatic carbocycles. The lowest BCUT2D eigenvalue weighted by molar-refractivity contribution is -0.168. The number of alkyl halides is 3. The summed E-state index contributed by atoms with van der Waals surface area (Å²) in [5, 5.41) is 2.29. The minimum atomic E-state index is -4.45. The minimum Gasteiger partial charge on any atom is -0.355 e. The van der Waals surface area contributed by atoms with E-state index >= 15 is 0 Å². The van der Waals surface area contributed by atoms with Gasteiger partial charge in [-0.25, -0.2) is 9.37 Å². The molecule has 0 saturated carbocycles. The maximum atomic E-state index is 14.5. The van der Waals surface area contributed by atoms with Crippen LogP contribution in [0.1, 0.15) is 13.8 Å². The van der Waals surface area contributed by atoms with Crippen molar-refractivity contribution < 1.29 is 17.6 Å². The van der Waals surface area contributed by atoms with Crippen molar-refractivity contribution in [3.8, 4) is 22.4 Å². The molecule has 27 heavy (non-hydrogen) atoms. The molecule has 0 unspecified atom stereocenters. The van der Waals surface area contributed by atoms with Crippen molar-refractivity contribution >= 4 is 5.82 Å². The summed E-state index contributed by atoms with van der Waals surface area (Å²) in [7, 11) is 0. The molecule has 1 N–H and O–H groups in total. The van der Waals surface area contributed by atoms with E-state index in [4.69, 9.17) is 0 Å². The topological polar surface area (TPSA) is 37.8 Å². The molecule has 0 aliphatic heterocycles. The SMILES string of the molecule is CC(C)(Nc1cnc(-c2ccc(-c3ccccc3)cc2F)cn1)C(F)(F)F. The van der Waals surface area contributed by atoms with E-state index in [1.54, 1.807) is 12.1 Å². The molecule has 1 heterocycles. The molecule has 0 saturated heterocycles. The van der Waals surface area contributed by atoms with Gasteiger partial charge in [-0.3, -0.25) is 4.98 Å². The smallest absolute Gasteiger partial charge is 0.355 e. The van der Waals surface area contributed by atoms with Crippen LogP contribution in [-0.2, 0) is 0 Å². The number of aromatic nitrogens is 2. The van der Waals surface area contributed by atoms with Crippen molar-refractivity contribution in [2.75, 3.05) is 5.32 Å². The number of hydrogen-bond acceptors (Lipinski definition) is 3. The average Bonchev–Trinajstić information content (AvgIpc) is 2.62. The van der Waals surface area contributed by atoms with E-state index in [0.29, 0.717) is 0 Å². The van der Waals surface area contributed by atoms with Gasteiger partial charge in [0.15, 0.2) is 0 Å². The number of nitrogens with one attached hydrogen (secondary N) is 1. The van der Waals surface area contributed by atoms with E-state index in [9.17, 15) is 17.6 Å². The molecule has 140 valence electrons. The Labute approximate surface area is 154 Å². The first-order valence-corrected chi connectivity index (χ1v) is 8.20. The third kappa shape index (κ3) is 4.07. The predicted molar refractivity (Wildman–Crippen MR) is 96.6 cm³/mol. The van der Waals surface area contributed by atoms with Crippen molar-refractivity contribution in [2.45, 2.75) is 25.6 Å². The number of anilines is 1. The molecule has 0 amide bonds. The number of halogens is 4. The van der Waals surface area contributed by atoms with Gasteiger partial charge in [-0.15, -0.1) is 0 Å². The highest BCUT2D eigenvalue weighted by atomic mass is 19.4. The van der Waals surface area contributed by atoms with Crippen molar-refractivity contribution in [2.24, 2.45) is 0 Å². The molecule has 0 bridgehead atoms. The first-order chi connectivity index (χ1) is 12.7. The van der Waals surface area contributed by atoms with Crippen LogP contribution in [0.2, 0.25) is 0 Å². The first kappa shape index (κ1) is 18.8. The average molecular weight is 375 g/mol. The van der Waals surface area contributed by atoms with Crippen LogP contribution in [0.25, 0.3) is 22.4 Å². The quantitative estimate of drug-likeness (QED) is 0.594. The monoisotopic (exact) mass is 375 g/mol. The van der Waals surface area contributed by atoms with Crippen LogP contribution >= 0.6 is 0 Å². The van der Waals surface area contributed by atoms with Crippen molar-refractivity contribution in [3.05, 3.63) is 66.7 Å². The predicted octanol–water partition coefficient (Wildman–Crippen LogP) is 5.70. The Balaban J connectivity index is 1.83. The third-order valence-corrected chi connectivity index (χ3v) is 4.15. The highest BCUT2D eigenvalue weighted by molar-refractivity contribution is 5.69. The number of rotatable bonds is 4. The second kappa shape index (κ2) is 6.98. The molecule has 0 fully saturated rings. The Bertz CT molecular complexity index is 920. The Kier molecular flexibility index (Phi) is 4.87. The summed E-state index contributed by atoms with van der Waals surface area (Å²) in [5.74, 6) is -0.524. The molecule has 0 aliphatic carbocycles. The second-order valence-electron chi connectivity index (χ2n) is 6.60. The summed E-state index contributed by atoms with van der Waals surface area (Å²) in [6, 6.07) is 14.1. The van der Waals surface area contributed by atoms with Crippen molar-refractivity contribution in [3.63, 3.8) is 0 Å². The van der Waals surface area contributed by atoms with E-state index < -0.39 is 17.5 Å². The van der Waals surface area contributed by atoms with Crippen LogP contribution in [-0.4, -0.2) is 21.7 Å². The molecular weight excluding hydrogens is 358 g/mol. The fourth-order valence-electron chi connectivity index (χ4n) is 2.46. The lowest BCUT2D eigenvalue weighted by Crippen LogP contribution is -2.46. The molecule has 0 radical (unpaired) electrons. The summed E-state index contributed by atoms with van der Waals surface area (Å²) >= 11 is 0. The largest absolute Gasteiger partial charge is 0.410 e. The van der Waals surface area contributed by atoms with E-state index in [0.717, 1.165) is 31.2 Å². The summed E-state index contributed by atoms with van der Waals surface area (Å²) in [4.78, 5) is 7.98. The van der Waals surface area contributed by atoms with Crippen LogP contribution in [0.5, 0.6) is 0 Å². The van der Waals surface area contributed by atoms with E-state index in [1.165, 1.54) is 12.3 Å². The summed E-state index contributed by atoms with van der Waals surface area (Å²) < 4.78 is 53.3. The fraction of sp³-hybridized carbons (Fsp3) is 0.200. The van der Waals surface area contributed by atoms with Gasteiger partial charge >= 0.3 is 6.18 Å². The highest BCUT2D eigenvalue weighted by Gasteiger charge is 2.47. The van der Waals surface area contributed by atoms with Crippen LogP contribution in [0, 0.1) is 5.82 Å². The standard InChI is InChI=1S/C20H17F4N3/c1-19(2,20(22,23)24)27-18-12-25-17(11-26-18)15-9-8-14(10-16(15)21)13-6-4-3-5-7-13/h3-12H,1-2H3,(H,26,27). The number of hydrogen-bond donors (Lipinski definition) is 1. The molecule has 0 atom stereocenters. The zero-order valence-electron chi connectivity index (χ0n) is 14.7. The van der Waals surface area contributed by atoms with E-state index in [1.807, 2.05) is 30.3 Å². The van der Waals surface area contributed by atoms with Gasteiger partial charge < -0.3 is 5.32 Å². The normalized spacial score (nSPS) is 12.1. The lowest BCUT2D eigenvalue weighted by Gasteiger charge is -2.29. The molecule has 0 aliphatic rings. The second-order valence-corrected chi connectivity index (χ2v) is 6.60. The minimum absolute atomic E-state index is 0.0395. The summed E-state index contributed by atoms with van der Waals surface area (Å²) in [6.07, 6.45) is -2.05. The summed E-state index contributed by atoms with van der Waals surface area (Å²) in [5.41, 5.74) is -0.101. The fourth-order valence-corrected chi connectivity index (χ4v) is 2.46. The van der Waals surface area contributed by atoms with Gasteiger partial charge in [0.05, 0.1) is 18.1 Å². The van der Waals surface area contributed by atoms with Crippen LogP contribution < -0.4 is 5.32 Å². The molecule has 1 aromatic heterocycles. The molecule has 7 heteroatoms. The van der Waals surface area contributed by atoms with Crippen LogP contribution in [0.15, 0.2) is 60.9 Å². The Morgan fingerprint density at radius 1 is 0.852 bits per heavy atom. The van der Waals surface area contributed by atoms with Gasteiger partial charge in [-0.1, -0.05) is 36.4 Å². The van der Waals surface area contributed by atoms with Gasteiger partial charge in [0.2, 0.25) is 0 Å². The van der Waals surface area contributed by atoms with Crippen LogP contribution in [0.3, 0.4) is 0 Å². The Morgan fingerprint density at radius 2 is 1.56 bits per heavy atom. The molecular formula is C20H17F4N3. The highest BCUT2D eigenvalue weighted by Crippen LogP contribution is 2.32. The number of nitrogens with zero attached hydrogens (tertiary/aromatic N) is 2. The van der Waals surface area contributed by atoms with Crippen molar-refractivity contribution in [1.29, 1.82) is 0 Å². The molecule has 3 aromatic rings. The Hall–Kier alpha value is -2.96. The van der Waals surface area contributed by atoms with E-state index in [-0.39, 0.29) is 17.1 Å².